The predicted octanol–water partition coefficient (Wildman–Crippen LogP) is 0.675. The smallest absolute Gasteiger partial charge is 0.407 e. The summed E-state index contributed by atoms with van der Waals surface area (Å²) in [5, 5.41) is 2.58. The third-order valence-electron chi connectivity index (χ3n) is 3.21. The molecule has 0 unspecified atom stereocenters. The molecule has 0 bridgehead atoms. The maximum absolute atomic E-state index is 12.0. The van der Waals surface area contributed by atoms with E-state index in [0.29, 0.717) is 13.0 Å². The van der Waals surface area contributed by atoms with Crippen LogP contribution < -0.4 is 5.32 Å². The third kappa shape index (κ3) is 6.80. The van der Waals surface area contributed by atoms with E-state index in [0.717, 1.165) is 4.90 Å². The summed E-state index contributed by atoms with van der Waals surface area (Å²) >= 11 is 0. The van der Waals surface area contributed by atoms with Crippen LogP contribution in [-0.2, 0) is 19.1 Å². The van der Waals surface area contributed by atoms with E-state index >= 15 is 0 Å². The van der Waals surface area contributed by atoms with E-state index in [9.17, 15) is 19.2 Å². The Kier molecular flexibility index (Phi) is 6.94. The number of nitrogens with one attached hydrogen (secondary N) is 1. The lowest BCUT2D eigenvalue weighted by molar-refractivity contribution is -0.138. The number of nitrogens with zero attached hydrogens (tertiary/aromatic N) is 2. The van der Waals surface area contributed by atoms with Crippen molar-refractivity contribution in [3.8, 4) is 0 Å². The van der Waals surface area contributed by atoms with Gasteiger partial charge in [0.1, 0.15) is 5.60 Å². The Balaban J connectivity index is 2.20. The molecule has 0 saturated carbocycles. The summed E-state index contributed by atoms with van der Waals surface area (Å²) in [6.07, 6.45) is 2.54. The second kappa shape index (κ2) is 8.47. The molecule has 1 rings (SSSR count). The fourth-order valence-electron chi connectivity index (χ4n) is 2.00. The van der Waals surface area contributed by atoms with Crippen molar-refractivity contribution < 1.29 is 23.9 Å². The first-order chi connectivity index (χ1) is 11.1. The first kappa shape index (κ1) is 19.7. The number of hydrogen-bond donors (Lipinski definition) is 1. The average molecular weight is 339 g/mol. The van der Waals surface area contributed by atoms with Crippen molar-refractivity contribution in [1.82, 2.24) is 15.1 Å². The standard InChI is InChI=1S/C16H25N3O5/c1-16(2,3)24-15(23)17-9-11-18(4)12(20)6-5-10-19-13(21)7-8-14(19)22/h7-8H,5-6,9-11H2,1-4H3,(H,17,23). The van der Waals surface area contributed by atoms with Crippen LogP contribution in [0.15, 0.2) is 12.2 Å². The SMILES string of the molecule is CN(CCNC(=O)OC(C)(C)C)C(=O)CCCN1C(=O)C=CC1=O. The van der Waals surface area contributed by atoms with Gasteiger partial charge in [0.05, 0.1) is 0 Å². The molecule has 134 valence electrons. The molecule has 0 aromatic rings. The fourth-order valence-corrected chi connectivity index (χ4v) is 2.00. The van der Waals surface area contributed by atoms with Crippen molar-refractivity contribution in [1.29, 1.82) is 0 Å². The third-order valence-corrected chi connectivity index (χ3v) is 3.21. The van der Waals surface area contributed by atoms with Crippen LogP contribution in [0.1, 0.15) is 33.6 Å². The largest absolute Gasteiger partial charge is 0.444 e. The molecule has 0 aromatic carbocycles. The van der Waals surface area contributed by atoms with Gasteiger partial charge in [-0.05, 0) is 27.2 Å². The van der Waals surface area contributed by atoms with Crippen LogP contribution in [0.3, 0.4) is 0 Å². The normalized spacial score (nSPS) is 14.1. The van der Waals surface area contributed by atoms with E-state index in [2.05, 4.69) is 5.32 Å². The zero-order valence-electron chi connectivity index (χ0n) is 14.6. The van der Waals surface area contributed by atoms with Crippen molar-refractivity contribution in [2.24, 2.45) is 0 Å². The molecule has 24 heavy (non-hydrogen) atoms. The molecule has 0 aromatic heterocycles. The second-order valence-electron chi connectivity index (χ2n) is 6.51. The van der Waals surface area contributed by atoms with Crippen molar-refractivity contribution in [3.05, 3.63) is 12.2 Å². The summed E-state index contributed by atoms with van der Waals surface area (Å²) < 4.78 is 5.09. The highest BCUT2D eigenvalue weighted by molar-refractivity contribution is 6.12. The van der Waals surface area contributed by atoms with Crippen LogP contribution >= 0.6 is 0 Å². The summed E-state index contributed by atoms with van der Waals surface area (Å²) in [5.41, 5.74) is -0.564. The number of alkyl carbamates (subject to hydrolysis) is 1. The van der Waals surface area contributed by atoms with Gasteiger partial charge in [0, 0.05) is 45.3 Å². The molecule has 1 N–H and O–H groups in total. The van der Waals surface area contributed by atoms with Gasteiger partial charge in [0.2, 0.25) is 5.91 Å². The van der Waals surface area contributed by atoms with Crippen molar-refractivity contribution >= 4 is 23.8 Å². The van der Waals surface area contributed by atoms with Crippen LogP contribution in [0.25, 0.3) is 0 Å². The number of rotatable bonds is 7. The molecule has 1 aliphatic rings. The maximum Gasteiger partial charge on any atom is 0.407 e. The summed E-state index contributed by atoms with van der Waals surface area (Å²) in [4.78, 5) is 48.8. The van der Waals surface area contributed by atoms with E-state index in [1.165, 1.54) is 17.1 Å². The summed E-state index contributed by atoms with van der Waals surface area (Å²) in [5.74, 6) is -0.808. The minimum atomic E-state index is -0.564. The summed E-state index contributed by atoms with van der Waals surface area (Å²) in [7, 11) is 1.63. The Morgan fingerprint density at radius 2 is 1.79 bits per heavy atom. The van der Waals surface area contributed by atoms with E-state index < -0.39 is 11.7 Å². The molecule has 1 aliphatic heterocycles. The number of hydrogen-bond acceptors (Lipinski definition) is 5. The zero-order chi connectivity index (χ0) is 18.3. The molecule has 8 heteroatoms. The first-order valence-electron chi connectivity index (χ1n) is 7.84. The minimum absolute atomic E-state index is 0.118. The minimum Gasteiger partial charge on any atom is -0.444 e. The Morgan fingerprint density at radius 3 is 2.33 bits per heavy atom. The Bertz CT molecular complexity index is 518. The van der Waals surface area contributed by atoms with Crippen LogP contribution in [0.4, 0.5) is 4.79 Å². The topological polar surface area (TPSA) is 96.0 Å². The lowest BCUT2D eigenvalue weighted by Gasteiger charge is -2.21. The summed E-state index contributed by atoms with van der Waals surface area (Å²) in [6.45, 7) is 6.17. The monoisotopic (exact) mass is 339 g/mol. The number of ether oxygens (including phenoxy) is 1. The average Bonchev–Trinajstić information content (AvgIpc) is 2.76. The predicted molar refractivity (Wildman–Crippen MR) is 87.0 cm³/mol. The molecule has 4 amide bonds. The van der Waals surface area contributed by atoms with Crippen LogP contribution in [-0.4, -0.2) is 65.9 Å². The maximum atomic E-state index is 12.0. The fraction of sp³-hybridized carbons (Fsp3) is 0.625. The van der Waals surface area contributed by atoms with Gasteiger partial charge >= 0.3 is 6.09 Å². The zero-order valence-corrected chi connectivity index (χ0v) is 14.6. The van der Waals surface area contributed by atoms with Crippen molar-refractivity contribution in [2.45, 2.75) is 39.2 Å². The van der Waals surface area contributed by atoms with Gasteiger partial charge in [-0.3, -0.25) is 19.3 Å². The van der Waals surface area contributed by atoms with Gasteiger partial charge in [-0.25, -0.2) is 4.79 Å². The molecule has 0 spiro atoms. The molecule has 0 aliphatic carbocycles. The Hall–Kier alpha value is -2.38. The van der Waals surface area contributed by atoms with E-state index in [-0.39, 0.29) is 37.2 Å². The van der Waals surface area contributed by atoms with Crippen molar-refractivity contribution in [2.75, 3.05) is 26.7 Å². The Morgan fingerprint density at radius 1 is 1.21 bits per heavy atom. The highest BCUT2D eigenvalue weighted by atomic mass is 16.6. The molecule has 0 radical (unpaired) electrons. The van der Waals surface area contributed by atoms with Gasteiger partial charge in [-0.15, -0.1) is 0 Å². The molecular weight excluding hydrogens is 314 g/mol. The van der Waals surface area contributed by atoms with Crippen LogP contribution in [0.5, 0.6) is 0 Å². The van der Waals surface area contributed by atoms with Crippen LogP contribution in [0, 0.1) is 0 Å². The summed E-state index contributed by atoms with van der Waals surface area (Å²) in [6, 6.07) is 0. The highest BCUT2D eigenvalue weighted by Crippen LogP contribution is 2.07. The van der Waals surface area contributed by atoms with Gasteiger partial charge in [-0.2, -0.15) is 0 Å². The molecule has 0 fully saturated rings. The number of imide groups is 1. The molecule has 8 nitrogen and oxygen atoms in total. The number of carbonyl (C=O) groups is 4. The van der Waals surface area contributed by atoms with E-state index in [4.69, 9.17) is 4.74 Å². The van der Waals surface area contributed by atoms with Gasteiger partial charge in [0.15, 0.2) is 0 Å². The lowest BCUT2D eigenvalue weighted by Crippen LogP contribution is -2.39. The molecule has 0 atom stereocenters. The highest BCUT2D eigenvalue weighted by Gasteiger charge is 2.23. The second-order valence-corrected chi connectivity index (χ2v) is 6.51. The molecule has 1 heterocycles. The van der Waals surface area contributed by atoms with Gasteiger partial charge in [-0.1, -0.05) is 0 Å². The number of likely N-dealkylation sites (N-methyl/N-ethyl adjacent to an activating group) is 1. The lowest BCUT2D eigenvalue weighted by atomic mass is 10.2. The van der Waals surface area contributed by atoms with Crippen molar-refractivity contribution in [3.63, 3.8) is 0 Å². The van der Waals surface area contributed by atoms with Gasteiger partial charge < -0.3 is 15.0 Å². The molecule has 0 saturated heterocycles. The van der Waals surface area contributed by atoms with Gasteiger partial charge in [0.25, 0.3) is 11.8 Å². The van der Waals surface area contributed by atoms with Crippen LogP contribution in [0.2, 0.25) is 0 Å². The number of amides is 4. The molecular formula is C16H25N3O5. The first-order valence-corrected chi connectivity index (χ1v) is 7.84. The number of carbonyl (C=O) groups excluding carboxylic acids is 4. The quantitative estimate of drug-likeness (QED) is 0.688. The van der Waals surface area contributed by atoms with E-state index in [1.54, 1.807) is 27.8 Å². The Labute approximate surface area is 141 Å². The van der Waals surface area contributed by atoms with E-state index in [1.807, 2.05) is 0 Å².